The van der Waals surface area contributed by atoms with Crippen LogP contribution < -0.4 is 10.9 Å². The Hall–Kier alpha value is -2.51. The molecule has 0 bridgehead atoms. The van der Waals surface area contributed by atoms with Crippen molar-refractivity contribution in [1.29, 1.82) is 0 Å². The van der Waals surface area contributed by atoms with Gasteiger partial charge in [-0.15, -0.1) is 11.3 Å². The molecule has 6 nitrogen and oxygen atoms in total. The molecule has 0 radical (unpaired) electrons. The summed E-state index contributed by atoms with van der Waals surface area (Å²) in [5.74, 6) is 0.00218. The first kappa shape index (κ1) is 16.9. The van der Waals surface area contributed by atoms with E-state index in [9.17, 15) is 9.59 Å². The van der Waals surface area contributed by atoms with Gasteiger partial charge in [-0.2, -0.15) is 0 Å². The van der Waals surface area contributed by atoms with Gasteiger partial charge in [0.1, 0.15) is 17.4 Å². The summed E-state index contributed by atoms with van der Waals surface area (Å²) in [6.45, 7) is 4.33. The van der Waals surface area contributed by atoms with Crippen molar-refractivity contribution in [2.24, 2.45) is 0 Å². The summed E-state index contributed by atoms with van der Waals surface area (Å²) >= 11 is 1.59. The van der Waals surface area contributed by atoms with Gasteiger partial charge in [0.25, 0.3) is 5.91 Å². The summed E-state index contributed by atoms with van der Waals surface area (Å²) in [6, 6.07) is 7.23. The Balaban J connectivity index is 1.61. The molecular weight excluding hydrogens is 352 g/mol. The average Bonchev–Trinajstić information content (AvgIpc) is 3.22. The number of aryl methyl sites for hydroxylation is 2. The zero-order valence-electron chi connectivity index (χ0n) is 14.5. The number of fused-ring (bicyclic) bond motifs is 1. The Bertz CT molecular complexity index is 1050. The second kappa shape index (κ2) is 6.66. The van der Waals surface area contributed by atoms with Gasteiger partial charge in [0, 0.05) is 12.3 Å². The van der Waals surface area contributed by atoms with E-state index in [-0.39, 0.29) is 11.7 Å². The highest BCUT2D eigenvalue weighted by Gasteiger charge is 2.24. The number of benzene rings is 1. The van der Waals surface area contributed by atoms with Gasteiger partial charge in [0.15, 0.2) is 0 Å². The maximum atomic E-state index is 12.6. The van der Waals surface area contributed by atoms with Crippen molar-refractivity contribution in [3.05, 3.63) is 56.6 Å². The molecule has 2 aromatic heterocycles. The molecule has 1 aliphatic rings. The van der Waals surface area contributed by atoms with Gasteiger partial charge in [0.05, 0.1) is 15.2 Å². The topological polar surface area (TPSA) is 81.4 Å². The Morgan fingerprint density at radius 3 is 2.88 bits per heavy atom. The number of carbonyl (C=O) groups excluding carboxylic acids is 1. The van der Waals surface area contributed by atoms with E-state index in [4.69, 9.17) is 9.15 Å². The number of carbonyl (C=O) groups is 1. The van der Waals surface area contributed by atoms with E-state index in [2.05, 4.69) is 10.3 Å². The molecule has 1 aromatic carbocycles. The molecule has 0 aliphatic carbocycles. The molecule has 7 heteroatoms. The molecule has 134 valence electrons. The predicted octanol–water partition coefficient (Wildman–Crippen LogP) is 3.97. The van der Waals surface area contributed by atoms with Crippen LogP contribution >= 0.6 is 11.3 Å². The lowest BCUT2D eigenvalue weighted by Gasteiger charge is -2.11. The number of hydrogen-bond donors (Lipinski definition) is 1. The molecule has 1 N–H and O–H groups in total. The normalized spacial score (nSPS) is 16.9. The number of anilines is 1. The van der Waals surface area contributed by atoms with Crippen molar-refractivity contribution < 1.29 is 13.9 Å². The number of aromatic nitrogens is 1. The van der Waals surface area contributed by atoms with Crippen LogP contribution in [0.15, 0.2) is 33.5 Å². The fourth-order valence-corrected chi connectivity index (χ4v) is 3.99. The maximum absolute atomic E-state index is 12.6. The molecule has 26 heavy (non-hydrogen) atoms. The van der Waals surface area contributed by atoms with Crippen LogP contribution in [0.2, 0.25) is 0 Å². The molecule has 4 rings (SSSR count). The van der Waals surface area contributed by atoms with Crippen LogP contribution in [0.3, 0.4) is 0 Å². The smallest absolute Gasteiger partial charge is 0.349 e. The minimum atomic E-state index is -0.640. The fourth-order valence-electron chi connectivity index (χ4n) is 3.18. The third kappa shape index (κ3) is 3.15. The Morgan fingerprint density at radius 1 is 1.31 bits per heavy atom. The summed E-state index contributed by atoms with van der Waals surface area (Å²) in [6.07, 6.45) is 1.56. The SMILES string of the molecule is Cc1nc2cc(NC(=O)c3c(C)cc(C4CCCO4)oc3=O)ccc2s1. The van der Waals surface area contributed by atoms with Crippen LogP contribution in [0.1, 0.15) is 45.6 Å². The molecule has 1 fully saturated rings. The maximum Gasteiger partial charge on any atom is 0.349 e. The van der Waals surface area contributed by atoms with Gasteiger partial charge in [-0.05, 0) is 56.5 Å². The first-order valence-electron chi connectivity index (χ1n) is 8.46. The highest BCUT2D eigenvalue weighted by molar-refractivity contribution is 7.18. The van der Waals surface area contributed by atoms with Gasteiger partial charge in [-0.1, -0.05) is 0 Å². The van der Waals surface area contributed by atoms with Crippen LogP contribution in [-0.2, 0) is 4.74 Å². The number of thiazole rings is 1. The minimum absolute atomic E-state index is 0.0151. The quantitative estimate of drug-likeness (QED) is 0.754. The van der Waals surface area contributed by atoms with Crippen LogP contribution in [0.4, 0.5) is 5.69 Å². The molecule has 0 saturated carbocycles. The van der Waals surface area contributed by atoms with Gasteiger partial charge < -0.3 is 14.5 Å². The van der Waals surface area contributed by atoms with Crippen LogP contribution in [0, 0.1) is 13.8 Å². The third-order valence-electron chi connectivity index (χ3n) is 4.39. The number of amides is 1. The zero-order valence-corrected chi connectivity index (χ0v) is 15.3. The van der Waals surface area contributed by atoms with Crippen molar-refractivity contribution in [3.8, 4) is 0 Å². The molecule has 1 atom stereocenters. The molecule has 0 spiro atoms. The van der Waals surface area contributed by atoms with E-state index in [0.29, 0.717) is 23.6 Å². The van der Waals surface area contributed by atoms with E-state index in [1.165, 1.54) is 0 Å². The largest absolute Gasteiger partial charge is 0.424 e. The highest BCUT2D eigenvalue weighted by atomic mass is 32.1. The summed E-state index contributed by atoms with van der Waals surface area (Å²) in [4.78, 5) is 29.4. The standard InChI is InChI=1S/C19H18N2O4S/c1-10-8-15(14-4-3-7-24-14)25-19(23)17(10)18(22)21-12-5-6-16-13(9-12)20-11(2)26-16/h5-6,8-9,14H,3-4,7H2,1-2H3,(H,21,22). The van der Waals surface area contributed by atoms with Crippen LogP contribution in [0.5, 0.6) is 0 Å². The first-order valence-corrected chi connectivity index (χ1v) is 9.28. The molecule has 1 aliphatic heterocycles. The molecule has 1 unspecified atom stereocenters. The van der Waals surface area contributed by atoms with Crippen molar-refractivity contribution in [1.82, 2.24) is 4.98 Å². The number of nitrogens with one attached hydrogen (secondary N) is 1. The summed E-state index contributed by atoms with van der Waals surface area (Å²) in [7, 11) is 0. The molecule has 1 saturated heterocycles. The average molecular weight is 370 g/mol. The van der Waals surface area contributed by atoms with Crippen molar-refractivity contribution in [3.63, 3.8) is 0 Å². The van der Waals surface area contributed by atoms with Gasteiger partial charge >= 0.3 is 5.63 Å². The Morgan fingerprint density at radius 2 is 2.15 bits per heavy atom. The van der Waals surface area contributed by atoms with Gasteiger partial charge in [-0.25, -0.2) is 9.78 Å². The summed E-state index contributed by atoms with van der Waals surface area (Å²) in [5.41, 5.74) is 1.37. The van der Waals surface area contributed by atoms with E-state index in [1.807, 2.05) is 13.0 Å². The second-order valence-electron chi connectivity index (χ2n) is 6.37. The van der Waals surface area contributed by atoms with E-state index in [0.717, 1.165) is 28.1 Å². The lowest BCUT2D eigenvalue weighted by atomic mass is 10.1. The minimum Gasteiger partial charge on any atom is -0.424 e. The molecular formula is C19H18N2O4S. The Kier molecular flexibility index (Phi) is 4.34. The van der Waals surface area contributed by atoms with Gasteiger partial charge in [-0.3, -0.25) is 4.79 Å². The van der Waals surface area contributed by atoms with Gasteiger partial charge in [0.2, 0.25) is 0 Å². The predicted molar refractivity (Wildman–Crippen MR) is 100.0 cm³/mol. The zero-order chi connectivity index (χ0) is 18.3. The third-order valence-corrected chi connectivity index (χ3v) is 5.35. The highest BCUT2D eigenvalue weighted by Crippen LogP contribution is 2.29. The second-order valence-corrected chi connectivity index (χ2v) is 7.60. The van der Waals surface area contributed by atoms with Crippen molar-refractivity contribution >= 4 is 33.1 Å². The number of nitrogens with zero attached hydrogens (tertiary/aromatic N) is 1. The van der Waals surface area contributed by atoms with E-state index >= 15 is 0 Å². The van der Waals surface area contributed by atoms with E-state index in [1.54, 1.807) is 36.5 Å². The Labute approximate surface area is 153 Å². The first-order chi connectivity index (χ1) is 12.5. The number of ether oxygens (including phenoxy) is 1. The van der Waals surface area contributed by atoms with Crippen molar-refractivity contribution in [2.75, 3.05) is 11.9 Å². The fraction of sp³-hybridized carbons (Fsp3) is 0.316. The molecule has 3 aromatic rings. The summed E-state index contributed by atoms with van der Waals surface area (Å²) in [5, 5.41) is 3.73. The van der Waals surface area contributed by atoms with E-state index < -0.39 is 11.5 Å². The van der Waals surface area contributed by atoms with Crippen LogP contribution in [-0.4, -0.2) is 17.5 Å². The molecule has 3 heterocycles. The van der Waals surface area contributed by atoms with Crippen molar-refractivity contribution in [2.45, 2.75) is 32.8 Å². The lowest BCUT2D eigenvalue weighted by Crippen LogP contribution is -2.23. The summed E-state index contributed by atoms with van der Waals surface area (Å²) < 4.78 is 12.0. The lowest BCUT2D eigenvalue weighted by molar-refractivity contribution is 0.0895. The number of hydrogen-bond acceptors (Lipinski definition) is 6. The number of rotatable bonds is 3. The monoisotopic (exact) mass is 370 g/mol. The van der Waals surface area contributed by atoms with Crippen LogP contribution in [0.25, 0.3) is 10.2 Å². The molecule has 1 amide bonds.